The highest BCUT2D eigenvalue weighted by Gasteiger charge is 2.73. The second kappa shape index (κ2) is 9.79. The Morgan fingerprint density at radius 3 is 1.72 bits per heavy atom. The molecule has 214 valence electrons. The molecule has 1 aliphatic heterocycles. The largest absolute Gasteiger partial charge is 0.497 e. The van der Waals surface area contributed by atoms with Gasteiger partial charge in [-0.2, -0.15) is 0 Å². The maximum atomic E-state index is 14.1. The number of methoxy groups -OCH3 is 1. The summed E-state index contributed by atoms with van der Waals surface area (Å²) in [5.41, 5.74) is 3.66. The van der Waals surface area contributed by atoms with Gasteiger partial charge in [0.05, 0.1) is 30.2 Å². The fourth-order valence-corrected chi connectivity index (χ4v) is 7.86. The molecule has 1 saturated heterocycles. The summed E-state index contributed by atoms with van der Waals surface area (Å²) in [6, 6.07) is 27.3. The maximum absolute atomic E-state index is 14.1. The van der Waals surface area contributed by atoms with Gasteiger partial charge in [0.15, 0.2) is 12.4 Å². The van der Waals surface area contributed by atoms with Crippen LogP contribution in [-0.4, -0.2) is 37.3 Å². The Labute approximate surface area is 256 Å². The van der Waals surface area contributed by atoms with Crippen molar-refractivity contribution in [3.8, 4) is 5.75 Å². The molecule has 4 aromatic carbocycles. The summed E-state index contributed by atoms with van der Waals surface area (Å²) in [5.74, 6) is -3.39. The molecule has 1 heterocycles. The average Bonchev–Trinajstić information content (AvgIpc) is 3.33. The summed E-state index contributed by atoms with van der Waals surface area (Å²) < 4.78 is 10.4. The Morgan fingerprint density at radius 2 is 1.23 bits per heavy atom. The minimum Gasteiger partial charge on any atom is -0.497 e. The van der Waals surface area contributed by atoms with Gasteiger partial charge in [0.1, 0.15) is 15.5 Å². The lowest BCUT2D eigenvalue weighted by atomic mass is 9.54. The lowest BCUT2D eigenvalue weighted by molar-refractivity contribution is -0.122. The molecule has 4 aromatic rings. The fourth-order valence-electron chi connectivity index (χ4n) is 6.76. The number of ketones is 1. The maximum Gasteiger partial charge on any atom is 0.338 e. The lowest BCUT2D eigenvalue weighted by Crippen LogP contribution is -2.57. The molecule has 9 heteroatoms. The summed E-state index contributed by atoms with van der Waals surface area (Å²) in [6.07, 6.45) is 0. The van der Waals surface area contributed by atoms with Crippen LogP contribution < -0.4 is 9.64 Å². The number of hydrogen-bond donors (Lipinski definition) is 0. The number of anilines is 1. The van der Waals surface area contributed by atoms with Crippen LogP contribution in [0, 0.1) is 11.8 Å². The topological polar surface area (TPSA) is 90.0 Å². The minimum atomic E-state index is -1.28. The quantitative estimate of drug-likeness (QED) is 0.118. The van der Waals surface area contributed by atoms with Gasteiger partial charge in [0, 0.05) is 5.56 Å². The van der Waals surface area contributed by atoms with Crippen molar-refractivity contribution < 1.29 is 28.7 Å². The molecule has 0 aromatic heterocycles. The number of carbonyl (C=O) groups is 4. The second-order valence-corrected chi connectivity index (χ2v) is 12.0. The highest BCUT2D eigenvalue weighted by atomic mass is 35.5. The highest BCUT2D eigenvalue weighted by Crippen LogP contribution is 2.69. The van der Waals surface area contributed by atoms with Crippen molar-refractivity contribution >= 4 is 52.5 Å². The number of rotatable bonds is 6. The molecule has 3 aliphatic carbocycles. The van der Waals surface area contributed by atoms with Gasteiger partial charge in [0.2, 0.25) is 11.8 Å². The summed E-state index contributed by atoms with van der Waals surface area (Å²) in [5, 5.41) is 0. The first-order valence-electron chi connectivity index (χ1n) is 13.6. The van der Waals surface area contributed by atoms with E-state index in [2.05, 4.69) is 0 Å². The van der Waals surface area contributed by atoms with Gasteiger partial charge in [0.25, 0.3) is 0 Å². The van der Waals surface area contributed by atoms with Crippen molar-refractivity contribution in [2.45, 2.75) is 9.75 Å². The monoisotopic (exact) mass is 611 g/mol. The molecule has 0 saturated carbocycles. The van der Waals surface area contributed by atoms with Crippen LogP contribution in [0.3, 0.4) is 0 Å². The molecule has 0 spiro atoms. The summed E-state index contributed by atoms with van der Waals surface area (Å²) in [4.78, 5) is 52.0. The van der Waals surface area contributed by atoms with Crippen molar-refractivity contribution in [2.75, 3.05) is 18.6 Å². The molecular weight excluding hydrogens is 589 g/mol. The van der Waals surface area contributed by atoms with E-state index in [1.54, 1.807) is 24.3 Å². The zero-order valence-electron chi connectivity index (χ0n) is 22.8. The Hall–Kier alpha value is -4.46. The second-order valence-electron chi connectivity index (χ2n) is 10.8. The molecule has 0 radical (unpaired) electrons. The summed E-state index contributed by atoms with van der Waals surface area (Å²) in [6.45, 7) is -0.461. The van der Waals surface area contributed by atoms with Crippen molar-refractivity contribution in [1.29, 1.82) is 0 Å². The van der Waals surface area contributed by atoms with Crippen molar-refractivity contribution in [3.63, 3.8) is 0 Å². The molecule has 1 fully saturated rings. The van der Waals surface area contributed by atoms with Crippen molar-refractivity contribution in [1.82, 2.24) is 0 Å². The van der Waals surface area contributed by atoms with Gasteiger partial charge in [-0.15, -0.1) is 23.2 Å². The standard InChI is InChI=1S/C34H23Cl2NO6/c1-42-22-8-6-7-20(17-22)27(38)18-43-32(41)19-13-15-21(16-14-19)37-30(39)28-29(31(37)40)34(36)24-10-3-2-9-23(24)33(28,35)25-11-4-5-12-26(25)34/h2-17,28-29H,18H2,1H3/t28-,29-,33?,34?/m0/s1. The van der Waals surface area contributed by atoms with Crippen LogP contribution in [0.2, 0.25) is 0 Å². The van der Waals surface area contributed by atoms with E-state index in [0.717, 1.165) is 27.2 Å². The number of hydrogen-bond acceptors (Lipinski definition) is 6. The van der Waals surface area contributed by atoms with Gasteiger partial charge < -0.3 is 9.47 Å². The first-order chi connectivity index (χ1) is 20.7. The van der Waals surface area contributed by atoms with Gasteiger partial charge in [-0.25, -0.2) is 9.69 Å². The first kappa shape index (κ1) is 27.4. The van der Waals surface area contributed by atoms with Crippen LogP contribution >= 0.6 is 23.2 Å². The average molecular weight is 612 g/mol. The summed E-state index contributed by atoms with van der Waals surface area (Å²) >= 11 is 14.9. The molecule has 43 heavy (non-hydrogen) atoms. The number of esters is 1. The molecule has 0 unspecified atom stereocenters. The molecule has 2 amide bonds. The molecule has 2 atom stereocenters. The number of amides is 2. The molecule has 0 N–H and O–H groups in total. The zero-order valence-corrected chi connectivity index (χ0v) is 24.3. The first-order valence-corrected chi connectivity index (χ1v) is 14.4. The Bertz CT molecular complexity index is 1730. The molecule has 7 nitrogen and oxygen atoms in total. The number of carbonyl (C=O) groups excluding carboxylic acids is 4. The SMILES string of the molecule is COc1cccc(C(=O)COC(=O)c2ccc(N3C(=O)[C@@H]4[C@@H](C3=O)C3(Cl)c5ccccc5C4(Cl)c4ccccc43)cc2)c1. The number of imide groups is 1. The number of benzene rings is 4. The Morgan fingerprint density at radius 1 is 0.721 bits per heavy atom. The number of nitrogens with zero attached hydrogens (tertiary/aromatic N) is 1. The van der Waals surface area contributed by atoms with Crippen molar-refractivity contribution in [2.24, 2.45) is 11.8 Å². The number of alkyl halides is 2. The van der Waals surface area contributed by atoms with Crippen LogP contribution in [-0.2, 0) is 24.1 Å². The predicted octanol–water partition coefficient (Wildman–Crippen LogP) is 5.83. The van der Waals surface area contributed by atoms with E-state index in [4.69, 9.17) is 32.7 Å². The molecule has 8 rings (SSSR count). The Kier molecular flexibility index (Phi) is 6.24. The smallest absolute Gasteiger partial charge is 0.338 e. The Balaban J connectivity index is 1.16. The van der Waals surface area contributed by atoms with E-state index >= 15 is 0 Å². The number of halogens is 2. The normalized spacial score (nSPS) is 24.7. The van der Waals surface area contributed by atoms with Gasteiger partial charge in [-0.3, -0.25) is 14.4 Å². The van der Waals surface area contributed by atoms with Crippen LogP contribution in [0.25, 0.3) is 0 Å². The van der Waals surface area contributed by atoms with E-state index in [9.17, 15) is 19.2 Å². The van der Waals surface area contributed by atoms with Crippen LogP contribution in [0.1, 0.15) is 43.0 Å². The van der Waals surface area contributed by atoms with E-state index in [-0.39, 0.29) is 17.0 Å². The third-order valence-corrected chi connectivity index (χ3v) is 9.96. The third-order valence-electron chi connectivity index (χ3n) is 8.67. The minimum absolute atomic E-state index is 0.154. The van der Waals surface area contributed by atoms with Crippen LogP contribution in [0.15, 0.2) is 97.1 Å². The van der Waals surface area contributed by atoms with Crippen molar-refractivity contribution in [3.05, 3.63) is 130 Å². The summed E-state index contributed by atoms with van der Waals surface area (Å²) in [7, 11) is 1.49. The van der Waals surface area contributed by atoms with Gasteiger partial charge >= 0.3 is 5.97 Å². The third kappa shape index (κ3) is 3.74. The van der Waals surface area contributed by atoms with Crippen LogP contribution in [0.4, 0.5) is 5.69 Å². The van der Waals surface area contributed by atoms with Crippen LogP contribution in [0.5, 0.6) is 5.75 Å². The zero-order chi connectivity index (χ0) is 30.1. The van der Waals surface area contributed by atoms with Gasteiger partial charge in [-0.1, -0.05) is 60.7 Å². The van der Waals surface area contributed by atoms with E-state index < -0.39 is 46.0 Å². The van der Waals surface area contributed by atoms with E-state index in [0.29, 0.717) is 11.3 Å². The number of Topliss-reactive ketones (excluding diaryl/α,β-unsaturated/α-hetero) is 1. The molecule has 2 bridgehead atoms. The predicted molar refractivity (Wildman–Crippen MR) is 160 cm³/mol. The van der Waals surface area contributed by atoms with Gasteiger partial charge in [-0.05, 0) is 58.7 Å². The highest BCUT2D eigenvalue weighted by molar-refractivity contribution is 6.38. The molecule has 4 aliphatic rings. The molecular formula is C34H23Cl2NO6. The lowest BCUT2D eigenvalue weighted by Gasteiger charge is -2.54. The number of ether oxygens (including phenoxy) is 2. The van der Waals surface area contributed by atoms with E-state index in [1.165, 1.54) is 31.4 Å². The fraction of sp³-hybridized carbons (Fsp3) is 0.176. The van der Waals surface area contributed by atoms with E-state index in [1.807, 2.05) is 48.5 Å².